The monoisotopic (exact) mass is 516 g/mol. The highest BCUT2D eigenvalue weighted by atomic mass is 35.5. The van der Waals surface area contributed by atoms with Gasteiger partial charge in [0.05, 0.1) is 21.5 Å². The molecule has 0 bridgehead atoms. The summed E-state index contributed by atoms with van der Waals surface area (Å²) in [6.07, 6.45) is 1.70. The number of carbonyl (C=O) groups is 1. The molecule has 0 fully saturated rings. The van der Waals surface area contributed by atoms with Crippen molar-refractivity contribution in [3.63, 3.8) is 0 Å². The van der Waals surface area contributed by atoms with Crippen molar-refractivity contribution in [3.05, 3.63) is 75.0 Å². The molecule has 1 heterocycles. The zero-order valence-corrected chi connectivity index (χ0v) is 19.8. The molecule has 0 spiro atoms. The maximum atomic E-state index is 12.3. The fourth-order valence-electron chi connectivity index (χ4n) is 2.48. The molecule has 1 amide bonds. The summed E-state index contributed by atoms with van der Waals surface area (Å²) < 4.78 is 7.54. The van der Waals surface area contributed by atoms with Crippen LogP contribution in [0.1, 0.15) is 5.82 Å². The van der Waals surface area contributed by atoms with Crippen LogP contribution in [0.5, 0.6) is 5.75 Å². The molecule has 0 atom stereocenters. The number of carbonyl (C=O) groups excluding carboxylic acids is 1. The van der Waals surface area contributed by atoms with Crippen molar-refractivity contribution in [1.29, 1.82) is 0 Å². The van der Waals surface area contributed by atoms with Gasteiger partial charge in [-0.3, -0.25) is 9.36 Å². The number of nitrogens with zero attached hydrogens (tertiary/aromatic N) is 3. The summed E-state index contributed by atoms with van der Waals surface area (Å²) in [7, 11) is 0. The Kier molecular flexibility index (Phi) is 8.51. The molecule has 1 N–H and O–H groups in total. The molecule has 2 aromatic carbocycles. The van der Waals surface area contributed by atoms with Gasteiger partial charge >= 0.3 is 0 Å². The van der Waals surface area contributed by atoms with Gasteiger partial charge in [-0.25, -0.2) is 0 Å². The molecule has 0 aliphatic carbocycles. The van der Waals surface area contributed by atoms with Crippen molar-refractivity contribution in [2.45, 2.75) is 18.3 Å². The van der Waals surface area contributed by atoms with E-state index in [9.17, 15) is 4.79 Å². The number of anilines is 1. The summed E-state index contributed by atoms with van der Waals surface area (Å²) in [6, 6.07) is 9.80. The zero-order valence-electron chi connectivity index (χ0n) is 15.9. The summed E-state index contributed by atoms with van der Waals surface area (Å²) in [5.74, 6) is 0.830. The number of benzene rings is 2. The van der Waals surface area contributed by atoms with E-state index in [-0.39, 0.29) is 18.3 Å². The van der Waals surface area contributed by atoms with Crippen molar-refractivity contribution < 1.29 is 9.53 Å². The number of amides is 1. The molecule has 0 unspecified atom stereocenters. The highest BCUT2D eigenvalue weighted by Gasteiger charge is 2.15. The second-order valence-corrected chi connectivity index (χ2v) is 8.75. The van der Waals surface area contributed by atoms with Gasteiger partial charge in [0, 0.05) is 22.7 Å². The Labute approximate surface area is 203 Å². The third-order valence-corrected chi connectivity index (χ3v) is 5.97. The van der Waals surface area contributed by atoms with E-state index in [2.05, 4.69) is 22.1 Å². The van der Waals surface area contributed by atoms with Gasteiger partial charge in [-0.1, -0.05) is 64.2 Å². The maximum absolute atomic E-state index is 12.3. The van der Waals surface area contributed by atoms with Crippen LogP contribution in [0.15, 0.2) is 54.2 Å². The number of aromatic nitrogens is 3. The van der Waals surface area contributed by atoms with E-state index in [1.54, 1.807) is 47.0 Å². The Morgan fingerprint density at radius 2 is 1.81 bits per heavy atom. The van der Waals surface area contributed by atoms with Gasteiger partial charge in [0.1, 0.15) is 12.4 Å². The lowest BCUT2D eigenvalue weighted by atomic mass is 10.3. The first-order valence-electron chi connectivity index (χ1n) is 8.86. The average molecular weight is 518 g/mol. The first kappa shape index (κ1) is 23.8. The minimum absolute atomic E-state index is 0.0963. The van der Waals surface area contributed by atoms with Crippen LogP contribution in [-0.2, 0) is 17.9 Å². The molecule has 0 saturated heterocycles. The fraction of sp³-hybridized carbons (Fsp3) is 0.150. The third-order valence-electron chi connectivity index (χ3n) is 3.89. The summed E-state index contributed by atoms with van der Waals surface area (Å²) in [5.41, 5.74) is 0.444. The molecule has 0 saturated carbocycles. The first-order chi connectivity index (χ1) is 14.9. The van der Waals surface area contributed by atoms with Crippen LogP contribution in [0.3, 0.4) is 0 Å². The number of thioether (sulfide) groups is 1. The largest absolute Gasteiger partial charge is 0.484 e. The number of nitrogens with one attached hydrogen (secondary N) is 1. The lowest BCUT2D eigenvalue weighted by molar-refractivity contribution is -0.113. The molecule has 6 nitrogen and oxygen atoms in total. The third kappa shape index (κ3) is 6.54. The van der Waals surface area contributed by atoms with Crippen LogP contribution >= 0.6 is 58.2 Å². The summed E-state index contributed by atoms with van der Waals surface area (Å²) in [6.45, 7) is 4.32. The number of hydrogen-bond donors (Lipinski definition) is 1. The number of allylic oxidation sites excluding steroid dienone is 1. The summed E-state index contributed by atoms with van der Waals surface area (Å²) in [4.78, 5) is 12.3. The molecular formula is C20H16Cl4N4O2S. The molecule has 162 valence electrons. The van der Waals surface area contributed by atoms with Crippen molar-refractivity contribution >= 4 is 69.8 Å². The predicted octanol–water partition coefficient (Wildman–Crippen LogP) is 6.39. The van der Waals surface area contributed by atoms with E-state index in [4.69, 9.17) is 51.1 Å². The Bertz CT molecular complexity index is 1110. The maximum Gasteiger partial charge on any atom is 0.234 e. The molecule has 3 rings (SSSR count). The highest BCUT2D eigenvalue weighted by molar-refractivity contribution is 7.99. The van der Waals surface area contributed by atoms with Gasteiger partial charge in [0.15, 0.2) is 11.0 Å². The van der Waals surface area contributed by atoms with Crippen LogP contribution in [0.25, 0.3) is 0 Å². The van der Waals surface area contributed by atoms with Gasteiger partial charge < -0.3 is 10.1 Å². The first-order valence-corrected chi connectivity index (χ1v) is 11.4. The summed E-state index contributed by atoms with van der Waals surface area (Å²) >= 11 is 25.4. The molecule has 0 radical (unpaired) electrons. The SMILES string of the molecule is C=CCn1c(COc2cc(Cl)ccc2Cl)nnc1SCC(=O)Nc1cc(Cl)ccc1Cl. The Morgan fingerprint density at radius 1 is 1.10 bits per heavy atom. The molecule has 0 aliphatic heterocycles. The van der Waals surface area contributed by atoms with E-state index >= 15 is 0 Å². The number of hydrogen-bond acceptors (Lipinski definition) is 5. The predicted molar refractivity (Wildman–Crippen MR) is 127 cm³/mol. The lowest BCUT2D eigenvalue weighted by Gasteiger charge is -2.11. The van der Waals surface area contributed by atoms with Gasteiger partial charge in [-0.05, 0) is 30.3 Å². The minimum atomic E-state index is -0.258. The van der Waals surface area contributed by atoms with Gasteiger partial charge in [0.2, 0.25) is 5.91 Å². The van der Waals surface area contributed by atoms with Crippen molar-refractivity contribution in [2.24, 2.45) is 0 Å². The zero-order chi connectivity index (χ0) is 22.4. The second-order valence-electron chi connectivity index (χ2n) is 6.12. The smallest absolute Gasteiger partial charge is 0.234 e. The number of rotatable bonds is 9. The highest BCUT2D eigenvalue weighted by Crippen LogP contribution is 2.29. The van der Waals surface area contributed by atoms with Gasteiger partial charge in [-0.2, -0.15) is 0 Å². The lowest BCUT2D eigenvalue weighted by Crippen LogP contribution is -2.15. The average Bonchev–Trinajstić information content (AvgIpc) is 3.12. The topological polar surface area (TPSA) is 69.0 Å². The molecule has 3 aromatic rings. The fourth-order valence-corrected chi connectivity index (χ4v) is 3.92. The van der Waals surface area contributed by atoms with Gasteiger partial charge in [-0.15, -0.1) is 16.8 Å². The van der Waals surface area contributed by atoms with E-state index < -0.39 is 0 Å². The van der Waals surface area contributed by atoms with E-state index in [1.807, 2.05) is 0 Å². The van der Waals surface area contributed by atoms with Crippen LogP contribution in [0.4, 0.5) is 5.69 Å². The van der Waals surface area contributed by atoms with Crippen molar-refractivity contribution in [2.75, 3.05) is 11.1 Å². The molecule has 31 heavy (non-hydrogen) atoms. The number of ether oxygens (including phenoxy) is 1. The minimum Gasteiger partial charge on any atom is -0.484 e. The van der Waals surface area contributed by atoms with Crippen molar-refractivity contribution in [3.8, 4) is 5.75 Å². The van der Waals surface area contributed by atoms with Gasteiger partial charge in [0.25, 0.3) is 0 Å². The standard InChI is InChI=1S/C20H16Cl4N4O2S/c1-2-7-28-18(10-30-17-9-13(22)4-6-15(17)24)26-27-20(28)31-11-19(29)25-16-8-12(21)3-5-14(16)23/h2-6,8-9H,1,7,10-11H2,(H,25,29). The summed E-state index contributed by atoms with van der Waals surface area (Å²) in [5, 5.41) is 13.4. The molecular weight excluding hydrogens is 502 g/mol. The van der Waals surface area contributed by atoms with E-state index in [0.29, 0.717) is 49.1 Å². The van der Waals surface area contributed by atoms with Crippen LogP contribution in [0.2, 0.25) is 20.1 Å². The van der Waals surface area contributed by atoms with Crippen molar-refractivity contribution in [1.82, 2.24) is 14.8 Å². The number of halogens is 4. The normalized spacial score (nSPS) is 10.7. The second kappa shape index (κ2) is 11.1. The molecule has 1 aromatic heterocycles. The Balaban J connectivity index is 1.65. The molecule has 11 heteroatoms. The Morgan fingerprint density at radius 3 is 2.55 bits per heavy atom. The van der Waals surface area contributed by atoms with Crippen LogP contribution < -0.4 is 10.1 Å². The van der Waals surface area contributed by atoms with E-state index in [0.717, 1.165) is 0 Å². The molecule has 0 aliphatic rings. The Hall–Kier alpha value is -1.90. The van der Waals surface area contributed by atoms with Crippen LogP contribution in [-0.4, -0.2) is 26.4 Å². The quantitative estimate of drug-likeness (QED) is 0.263. The van der Waals surface area contributed by atoms with E-state index in [1.165, 1.54) is 11.8 Å². The van der Waals surface area contributed by atoms with Crippen LogP contribution in [0, 0.1) is 0 Å².